The van der Waals surface area contributed by atoms with Crippen LogP contribution in [0.3, 0.4) is 0 Å². The molecule has 1 N–H and O–H groups in total. The second-order valence-electron chi connectivity index (χ2n) is 5.20. The minimum atomic E-state index is -0.822. The maximum absolute atomic E-state index is 12.7. The number of carboxylic acid groups (broad SMARTS) is 1. The van der Waals surface area contributed by atoms with E-state index >= 15 is 0 Å². The number of carbonyl (C=O) groups excluding carboxylic acids is 1. The molecule has 114 valence electrons. The van der Waals surface area contributed by atoms with Gasteiger partial charge in [-0.15, -0.1) is 0 Å². The minimum absolute atomic E-state index is 0.00627. The van der Waals surface area contributed by atoms with Gasteiger partial charge in [0.1, 0.15) is 0 Å². The van der Waals surface area contributed by atoms with Crippen molar-refractivity contribution < 1.29 is 14.7 Å². The van der Waals surface area contributed by atoms with Crippen LogP contribution in [0.25, 0.3) is 0 Å². The lowest BCUT2D eigenvalue weighted by molar-refractivity contribution is -0.137. The SMILES string of the molecule is O=C(O)CCC1CCCCN1C(=O)c1cc(Cl)ccc1Br. The molecule has 0 spiro atoms. The largest absolute Gasteiger partial charge is 0.481 e. The van der Waals surface area contributed by atoms with Crippen molar-refractivity contribution in [2.24, 2.45) is 0 Å². The standard InChI is InChI=1S/C15H17BrClNO3/c16-13-6-4-10(17)9-12(13)15(21)18-8-2-1-3-11(18)5-7-14(19)20/h4,6,9,11H,1-3,5,7-8H2,(H,19,20). The molecule has 0 saturated carbocycles. The Labute approximate surface area is 137 Å². The number of aliphatic carboxylic acids is 1. The number of hydrogen-bond acceptors (Lipinski definition) is 2. The molecule has 21 heavy (non-hydrogen) atoms. The number of amides is 1. The summed E-state index contributed by atoms with van der Waals surface area (Å²) in [4.78, 5) is 25.3. The van der Waals surface area contributed by atoms with Crippen molar-refractivity contribution >= 4 is 39.4 Å². The van der Waals surface area contributed by atoms with Gasteiger partial charge in [-0.1, -0.05) is 11.6 Å². The van der Waals surface area contributed by atoms with E-state index < -0.39 is 5.97 Å². The molecule has 4 nitrogen and oxygen atoms in total. The minimum Gasteiger partial charge on any atom is -0.481 e. The molecule has 6 heteroatoms. The zero-order valence-electron chi connectivity index (χ0n) is 11.5. The predicted molar refractivity (Wildman–Crippen MR) is 84.7 cm³/mol. The van der Waals surface area contributed by atoms with Gasteiger partial charge in [-0.25, -0.2) is 0 Å². The lowest BCUT2D eigenvalue weighted by Crippen LogP contribution is -2.44. The maximum atomic E-state index is 12.7. The van der Waals surface area contributed by atoms with Gasteiger partial charge in [-0.3, -0.25) is 9.59 Å². The summed E-state index contributed by atoms with van der Waals surface area (Å²) in [6.45, 7) is 0.669. The Bertz CT molecular complexity index is 550. The number of hydrogen-bond donors (Lipinski definition) is 1. The van der Waals surface area contributed by atoms with Crippen LogP contribution in [-0.2, 0) is 4.79 Å². The van der Waals surface area contributed by atoms with Crippen LogP contribution in [0, 0.1) is 0 Å². The number of likely N-dealkylation sites (tertiary alicyclic amines) is 1. The topological polar surface area (TPSA) is 57.6 Å². The fraction of sp³-hybridized carbons (Fsp3) is 0.467. The monoisotopic (exact) mass is 373 g/mol. The fourth-order valence-corrected chi connectivity index (χ4v) is 3.26. The van der Waals surface area contributed by atoms with Gasteiger partial charge in [-0.2, -0.15) is 0 Å². The van der Waals surface area contributed by atoms with Crippen LogP contribution in [0.1, 0.15) is 42.5 Å². The molecule has 1 heterocycles. The Balaban J connectivity index is 2.18. The highest BCUT2D eigenvalue weighted by atomic mass is 79.9. The van der Waals surface area contributed by atoms with Crippen molar-refractivity contribution in [2.45, 2.75) is 38.1 Å². The fourth-order valence-electron chi connectivity index (χ4n) is 2.67. The summed E-state index contributed by atoms with van der Waals surface area (Å²) >= 11 is 9.35. The highest BCUT2D eigenvalue weighted by Gasteiger charge is 2.28. The van der Waals surface area contributed by atoms with Gasteiger partial charge in [0.25, 0.3) is 5.91 Å². The number of carbonyl (C=O) groups is 2. The smallest absolute Gasteiger partial charge is 0.303 e. The average molecular weight is 375 g/mol. The number of halogens is 2. The molecule has 1 aliphatic heterocycles. The van der Waals surface area contributed by atoms with Crippen LogP contribution in [0.5, 0.6) is 0 Å². The van der Waals surface area contributed by atoms with E-state index in [2.05, 4.69) is 15.9 Å². The van der Waals surface area contributed by atoms with Gasteiger partial charge in [-0.05, 0) is 59.8 Å². The summed E-state index contributed by atoms with van der Waals surface area (Å²) in [6, 6.07) is 5.12. The van der Waals surface area contributed by atoms with Crippen LogP contribution in [0.15, 0.2) is 22.7 Å². The van der Waals surface area contributed by atoms with Crippen molar-refractivity contribution in [3.05, 3.63) is 33.3 Å². The first-order chi connectivity index (χ1) is 9.99. The molecule has 0 bridgehead atoms. The molecule has 1 saturated heterocycles. The summed E-state index contributed by atoms with van der Waals surface area (Å²) in [5, 5.41) is 9.35. The highest BCUT2D eigenvalue weighted by Crippen LogP contribution is 2.27. The summed E-state index contributed by atoms with van der Waals surface area (Å²) in [7, 11) is 0. The van der Waals surface area contributed by atoms with Gasteiger partial charge in [0.2, 0.25) is 0 Å². The van der Waals surface area contributed by atoms with E-state index in [1.807, 2.05) is 0 Å². The first-order valence-corrected chi connectivity index (χ1v) is 8.14. The van der Waals surface area contributed by atoms with Crippen molar-refractivity contribution in [2.75, 3.05) is 6.54 Å². The Kier molecular flexibility index (Phi) is 5.65. The summed E-state index contributed by atoms with van der Waals surface area (Å²) in [5.41, 5.74) is 0.532. The molecule has 1 amide bonds. The van der Waals surface area contributed by atoms with Gasteiger partial charge in [0.15, 0.2) is 0 Å². The average Bonchev–Trinajstić information content (AvgIpc) is 2.47. The molecule has 2 rings (SSSR count). The maximum Gasteiger partial charge on any atom is 0.303 e. The van der Waals surface area contributed by atoms with E-state index in [-0.39, 0.29) is 18.4 Å². The molecule has 1 atom stereocenters. The zero-order valence-corrected chi connectivity index (χ0v) is 13.9. The molecule has 1 aliphatic rings. The van der Waals surface area contributed by atoms with Gasteiger partial charge < -0.3 is 10.0 Å². The van der Waals surface area contributed by atoms with Crippen LogP contribution in [-0.4, -0.2) is 34.5 Å². The molecule has 1 aromatic carbocycles. The number of carboxylic acids is 1. The van der Waals surface area contributed by atoms with E-state index in [4.69, 9.17) is 16.7 Å². The van der Waals surface area contributed by atoms with Crippen molar-refractivity contribution in [3.63, 3.8) is 0 Å². The third-order valence-corrected chi connectivity index (χ3v) is 4.66. The molecular weight excluding hydrogens is 358 g/mol. The van der Waals surface area contributed by atoms with Crippen molar-refractivity contribution in [3.8, 4) is 0 Å². The molecule has 0 aromatic heterocycles. The Morgan fingerprint density at radius 1 is 1.38 bits per heavy atom. The van der Waals surface area contributed by atoms with E-state index in [1.54, 1.807) is 23.1 Å². The quantitative estimate of drug-likeness (QED) is 0.868. The Hall–Kier alpha value is -1.07. The summed E-state index contributed by atoms with van der Waals surface area (Å²) in [6.07, 6.45) is 3.43. The van der Waals surface area contributed by atoms with Crippen LogP contribution in [0.4, 0.5) is 0 Å². The highest BCUT2D eigenvalue weighted by molar-refractivity contribution is 9.10. The number of rotatable bonds is 4. The summed E-state index contributed by atoms with van der Waals surface area (Å²) in [5.74, 6) is -0.906. The van der Waals surface area contributed by atoms with Crippen molar-refractivity contribution in [1.29, 1.82) is 0 Å². The zero-order chi connectivity index (χ0) is 15.4. The van der Waals surface area contributed by atoms with E-state index in [9.17, 15) is 9.59 Å². The van der Waals surface area contributed by atoms with E-state index in [0.29, 0.717) is 28.0 Å². The normalized spacial score (nSPS) is 18.6. The first-order valence-electron chi connectivity index (χ1n) is 6.97. The van der Waals surface area contributed by atoms with Crippen LogP contribution < -0.4 is 0 Å². The van der Waals surface area contributed by atoms with Crippen molar-refractivity contribution in [1.82, 2.24) is 4.90 Å². The first kappa shape index (κ1) is 16.3. The Morgan fingerprint density at radius 2 is 2.14 bits per heavy atom. The lowest BCUT2D eigenvalue weighted by Gasteiger charge is -2.36. The van der Waals surface area contributed by atoms with Gasteiger partial charge >= 0.3 is 5.97 Å². The van der Waals surface area contributed by atoms with Gasteiger partial charge in [0, 0.05) is 28.5 Å². The second-order valence-corrected chi connectivity index (χ2v) is 6.50. The third-order valence-electron chi connectivity index (χ3n) is 3.74. The molecule has 0 radical (unpaired) electrons. The lowest BCUT2D eigenvalue weighted by atomic mass is 9.97. The molecule has 1 fully saturated rings. The van der Waals surface area contributed by atoms with E-state index in [0.717, 1.165) is 19.3 Å². The third kappa shape index (κ3) is 4.20. The molecule has 0 aliphatic carbocycles. The number of benzene rings is 1. The predicted octanol–water partition coefficient (Wildman–Crippen LogP) is 3.96. The molecular formula is C15H17BrClNO3. The van der Waals surface area contributed by atoms with E-state index in [1.165, 1.54) is 0 Å². The van der Waals surface area contributed by atoms with Gasteiger partial charge in [0.05, 0.1) is 5.56 Å². The Morgan fingerprint density at radius 3 is 2.86 bits per heavy atom. The number of piperidine rings is 1. The van der Waals surface area contributed by atoms with Crippen LogP contribution in [0.2, 0.25) is 5.02 Å². The summed E-state index contributed by atoms with van der Waals surface area (Å²) < 4.78 is 0.708. The molecule has 1 aromatic rings. The molecule has 1 unspecified atom stereocenters. The number of nitrogens with zero attached hydrogens (tertiary/aromatic N) is 1. The second kappa shape index (κ2) is 7.27. The van der Waals surface area contributed by atoms with Crippen LogP contribution >= 0.6 is 27.5 Å².